The molecule has 38 heavy (non-hydrogen) atoms. The molecule has 1 unspecified atom stereocenters. The zero-order valence-electron chi connectivity index (χ0n) is 22.9. The molecular weight excluding hydrogens is 474 g/mol. The molecule has 7 heteroatoms. The first-order chi connectivity index (χ1) is 18.2. The average Bonchev–Trinajstić information content (AvgIpc) is 3.54. The first-order valence-electron chi connectivity index (χ1n) is 13.7. The minimum atomic E-state index is -0.928. The fraction of sp³-hybridized carbons (Fsp3) is 0.419. The number of carbonyl (C=O) groups is 1. The van der Waals surface area contributed by atoms with Gasteiger partial charge in [0.2, 0.25) is 0 Å². The molecule has 1 aromatic heterocycles. The van der Waals surface area contributed by atoms with Gasteiger partial charge >= 0.3 is 5.97 Å². The highest BCUT2D eigenvalue weighted by Gasteiger charge is 2.39. The van der Waals surface area contributed by atoms with Crippen molar-refractivity contribution in [3.63, 3.8) is 0 Å². The molecule has 1 atom stereocenters. The summed E-state index contributed by atoms with van der Waals surface area (Å²) in [6.45, 7) is 8.32. The summed E-state index contributed by atoms with van der Waals surface area (Å²) in [6, 6.07) is 12.0. The quantitative estimate of drug-likeness (QED) is 0.369. The Balaban J connectivity index is 1.56. The monoisotopic (exact) mass is 513 g/mol. The van der Waals surface area contributed by atoms with Crippen LogP contribution in [-0.2, 0) is 11.3 Å². The molecule has 0 saturated heterocycles. The van der Waals surface area contributed by atoms with Crippen LogP contribution in [0, 0.1) is 0 Å². The van der Waals surface area contributed by atoms with Crippen LogP contribution in [-0.4, -0.2) is 33.3 Å². The fourth-order valence-corrected chi connectivity index (χ4v) is 5.52. The lowest BCUT2D eigenvalue weighted by molar-refractivity contribution is 0.00695. The van der Waals surface area contributed by atoms with E-state index in [4.69, 9.17) is 10.5 Å². The number of anilines is 1. The molecule has 0 spiro atoms. The molecule has 1 aromatic carbocycles. The molecule has 0 amide bonds. The Morgan fingerprint density at radius 1 is 1.24 bits per heavy atom. The fourth-order valence-electron chi connectivity index (χ4n) is 5.52. The van der Waals surface area contributed by atoms with Gasteiger partial charge in [-0.2, -0.15) is 0 Å². The molecular formula is C31H39N5O2. The minimum Gasteiger partial charge on any atom is -0.456 e. The number of ether oxygens (including phenoxy) is 1. The first kappa shape index (κ1) is 26.0. The van der Waals surface area contributed by atoms with Gasteiger partial charge in [0.05, 0.1) is 17.3 Å². The molecule has 2 aromatic rings. The molecule has 200 valence electrons. The van der Waals surface area contributed by atoms with Gasteiger partial charge in [0.15, 0.2) is 0 Å². The van der Waals surface area contributed by atoms with Gasteiger partial charge in [-0.25, -0.2) is 4.79 Å². The van der Waals surface area contributed by atoms with E-state index in [1.807, 2.05) is 57.3 Å². The molecule has 3 aliphatic rings. The van der Waals surface area contributed by atoms with Crippen molar-refractivity contribution in [3.05, 3.63) is 95.1 Å². The summed E-state index contributed by atoms with van der Waals surface area (Å²) in [6.07, 6.45) is 15.8. The summed E-state index contributed by atoms with van der Waals surface area (Å²) in [4.78, 5) is 19.4. The molecule has 1 aliphatic heterocycles. The molecule has 1 saturated carbocycles. The highest BCUT2D eigenvalue weighted by atomic mass is 16.6. The summed E-state index contributed by atoms with van der Waals surface area (Å²) >= 11 is 0. The average molecular weight is 514 g/mol. The number of hydrazine groups is 1. The van der Waals surface area contributed by atoms with Crippen LogP contribution in [0.4, 0.5) is 5.69 Å². The predicted molar refractivity (Wildman–Crippen MR) is 151 cm³/mol. The Labute approximate surface area is 226 Å². The molecule has 5 rings (SSSR count). The largest absolute Gasteiger partial charge is 0.456 e. The van der Waals surface area contributed by atoms with Crippen molar-refractivity contribution in [1.29, 1.82) is 0 Å². The number of benzene rings is 1. The highest BCUT2D eigenvalue weighted by Crippen LogP contribution is 2.39. The maximum Gasteiger partial charge on any atom is 0.338 e. The van der Waals surface area contributed by atoms with Gasteiger partial charge in [-0.15, -0.1) is 0 Å². The van der Waals surface area contributed by atoms with Crippen LogP contribution in [0.15, 0.2) is 84.0 Å². The second-order valence-electron chi connectivity index (χ2n) is 11.4. The maximum absolute atomic E-state index is 12.9. The van der Waals surface area contributed by atoms with Gasteiger partial charge in [-0.3, -0.25) is 9.99 Å². The van der Waals surface area contributed by atoms with Crippen molar-refractivity contribution < 1.29 is 9.53 Å². The van der Waals surface area contributed by atoms with E-state index >= 15 is 0 Å². The third-order valence-electron chi connectivity index (χ3n) is 7.37. The second-order valence-corrected chi connectivity index (χ2v) is 11.4. The summed E-state index contributed by atoms with van der Waals surface area (Å²) in [7, 11) is 0. The summed E-state index contributed by atoms with van der Waals surface area (Å²) in [5.74, 6) is -0.352. The molecule has 2 aliphatic carbocycles. The Bertz CT molecular complexity index is 1270. The molecule has 0 radical (unpaired) electrons. The van der Waals surface area contributed by atoms with E-state index in [2.05, 4.69) is 45.5 Å². The Morgan fingerprint density at radius 2 is 2.03 bits per heavy atom. The Morgan fingerprint density at radius 3 is 2.71 bits per heavy atom. The van der Waals surface area contributed by atoms with Crippen molar-refractivity contribution in [2.75, 3.05) is 4.90 Å². The topological polar surface area (TPSA) is 83.7 Å². The smallest absolute Gasteiger partial charge is 0.338 e. The molecule has 2 heterocycles. The third-order valence-corrected chi connectivity index (χ3v) is 7.37. The Kier molecular flexibility index (Phi) is 7.05. The van der Waals surface area contributed by atoms with E-state index in [0.717, 1.165) is 23.4 Å². The van der Waals surface area contributed by atoms with E-state index in [-0.39, 0.29) is 5.97 Å². The lowest BCUT2D eigenvalue weighted by atomic mass is 9.93. The normalized spacial score (nSPS) is 21.3. The number of pyridine rings is 1. The van der Waals surface area contributed by atoms with Crippen LogP contribution in [0.25, 0.3) is 0 Å². The van der Waals surface area contributed by atoms with E-state index < -0.39 is 11.3 Å². The number of nitrogens with zero attached hydrogens (tertiary/aromatic N) is 3. The number of nitrogens with one attached hydrogen (secondary N) is 1. The van der Waals surface area contributed by atoms with E-state index in [1.54, 1.807) is 12.3 Å². The number of allylic oxidation sites excluding steroid dienone is 2. The van der Waals surface area contributed by atoms with Crippen LogP contribution in [0.5, 0.6) is 0 Å². The van der Waals surface area contributed by atoms with E-state index in [9.17, 15) is 4.79 Å². The molecule has 3 N–H and O–H groups in total. The number of hydrogen-bond donors (Lipinski definition) is 2. The maximum atomic E-state index is 12.9. The van der Waals surface area contributed by atoms with E-state index in [0.29, 0.717) is 18.2 Å². The minimum absolute atomic E-state index is 0.352. The van der Waals surface area contributed by atoms with Crippen molar-refractivity contribution in [1.82, 2.24) is 15.4 Å². The van der Waals surface area contributed by atoms with Crippen LogP contribution >= 0.6 is 0 Å². The van der Waals surface area contributed by atoms with Crippen LogP contribution in [0.1, 0.15) is 75.7 Å². The number of rotatable bonds is 7. The molecule has 0 bridgehead atoms. The van der Waals surface area contributed by atoms with Crippen LogP contribution < -0.4 is 16.1 Å². The summed E-state index contributed by atoms with van der Waals surface area (Å²) in [5, 5.41) is 2.34. The van der Waals surface area contributed by atoms with Gasteiger partial charge in [-0.05, 0) is 82.0 Å². The highest BCUT2D eigenvalue weighted by molar-refractivity contribution is 5.91. The zero-order chi connectivity index (χ0) is 26.9. The van der Waals surface area contributed by atoms with Gasteiger partial charge in [0.25, 0.3) is 0 Å². The van der Waals surface area contributed by atoms with Gasteiger partial charge < -0.3 is 20.8 Å². The summed E-state index contributed by atoms with van der Waals surface area (Å²) < 4.78 is 5.65. The zero-order valence-corrected chi connectivity index (χ0v) is 22.9. The number of carbonyl (C=O) groups excluding carboxylic acids is 1. The van der Waals surface area contributed by atoms with Gasteiger partial charge in [0.1, 0.15) is 11.3 Å². The van der Waals surface area contributed by atoms with Gasteiger partial charge in [-0.1, -0.05) is 38.0 Å². The number of fused-ring (bicyclic) bond motifs is 1. The lowest BCUT2D eigenvalue weighted by Gasteiger charge is -2.42. The van der Waals surface area contributed by atoms with Gasteiger partial charge in [0, 0.05) is 35.9 Å². The number of aromatic nitrogens is 1. The van der Waals surface area contributed by atoms with E-state index in [1.165, 1.54) is 37.0 Å². The number of hydrogen-bond acceptors (Lipinski definition) is 7. The lowest BCUT2D eigenvalue weighted by Crippen LogP contribution is -2.55. The standard InChI is InChI=1S/C31H39N5O2/c1-5-27-26-15-16-31(32,19-28(26)36(34-27)24-12-6-7-13-24)35(21-22-10-9-17-33-20-22)25-14-8-11-23(18-25)29(37)38-30(2,3)4/h8-11,14-20,24,34H,5-7,12-13,21,32H2,1-4H3. The van der Waals surface area contributed by atoms with Crippen molar-refractivity contribution >= 4 is 11.7 Å². The van der Waals surface area contributed by atoms with Crippen molar-refractivity contribution in [3.8, 4) is 0 Å². The van der Waals surface area contributed by atoms with Crippen molar-refractivity contribution in [2.24, 2.45) is 5.73 Å². The van der Waals surface area contributed by atoms with Crippen LogP contribution in [0.3, 0.4) is 0 Å². The SMILES string of the molecule is CCC1=C2C=CC(N)(N(Cc3cccnc3)c3cccc(C(=O)OC(C)(C)C)c3)C=C2N(C2CCCC2)N1. The van der Waals surface area contributed by atoms with Crippen LogP contribution in [0.2, 0.25) is 0 Å². The second kappa shape index (κ2) is 10.3. The van der Waals surface area contributed by atoms with Crippen molar-refractivity contribution in [2.45, 2.75) is 83.6 Å². The number of nitrogens with two attached hydrogens (primary N) is 1. The summed E-state index contributed by atoms with van der Waals surface area (Å²) in [5.41, 5.74) is 15.4. The first-order valence-corrected chi connectivity index (χ1v) is 13.7. The molecule has 1 fully saturated rings. The molecule has 7 nitrogen and oxygen atoms in total. The number of esters is 1. The third kappa shape index (κ3) is 5.34. The predicted octanol–water partition coefficient (Wildman–Crippen LogP) is 5.58. The Hall–Kier alpha value is -3.58.